The molecule has 8 heteroatoms. The number of ether oxygens (including phenoxy) is 1. The lowest BCUT2D eigenvalue weighted by Crippen LogP contribution is -2.54. The van der Waals surface area contributed by atoms with Crippen LogP contribution in [0.3, 0.4) is 0 Å². The van der Waals surface area contributed by atoms with Gasteiger partial charge in [-0.1, -0.05) is 0 Å². The summed E-state index contributed by atoms with van der Waals surface area (Å²) in [6, 6.07) is 3.88. The van der Waals surface area contributed by atoms with Crippen LogP contribution in [0, 0.1) is 10.1 Å². The Hall–Kier alpha value is -2.64. The molecule has 0 atom stereocenters. The van der Waals surface area contributed by atoms with Crippen molar-refractivity contribution in [3.63, 3.8) is 0 Å². The van der Waals surface area contributed by atoms with Gasteiger partial charge in [0.25, 0.3) is 5.91 Å². The number of nitrogens with one attached hydrogen (secondary N) is 1. The van der Waals surface area contributed by atoms with Crippen molar-refractivity contribution < 1.29 is 24.4 Å². The van der Waals surface area contributed by atoms with Crippen molar-refractivity contribution in [2.24, 2.45) is 0 Å². The first-order chi connectivity index (χ1) is 10.4. The van der Waals surface area contributed by atoms with Gasteiger partial charge in [0.1, 0.15) is 0 Å². The van der Waals surface area contributed by atoms with Crippen molar-refractivity contribution in [1.29, 1.82) is 0 Å². The molecule has 1 aliphatic rings. The molecule has 0 aromatic heterocycles. The SMILES string of the molecule is COc1ccc(C(=O)NC2(CC(=O)O)CCC2)cc1[N+](=O)[O-]. The number of hydrogen-bond acceptors (Lipinski definition) is 5. The fourth-order valence-electron chi connectivity index (χ4n) is 2.53. The number of amides is 1. The number of carboxylic acids is 1. The highest BCUT2D eigenvalue weighted by molar-refractivity contribution is 5.96. The molecule has 1 aliphatic carbocycles. The van der Waals surface area contributed by atoms with E-state index in [-0.39, 0.29) is 23.4 Å². The lowest BCUT2D eigenvalue weighted by atomic mass is 9.74. The number of nitro benzene ring substituents is 1. The van der Waals surface area contributed by atoms with E-state index in [4.69, 9.17) is 9.84 Å². The molecule has 8 nitrogen and oxygen atoms in total. The summed E-state index contributed by atoms with van der Waals surface area (Å²) in [5.41, 5.74) is -0.960. The van der Waals surface area contributed by atoms with Crippen LogP contribution in [0.5, 0.6) is 5.75 Å². The summed E-state index contributed by atoms with van der Waals surface area (Å²) in [5, 5.41) is 22.6. The van der Waals surface area contributed by atoms with Gasteiger partial charge in [0.2, 0.25) is 0 Å². The maximum absolute atomic E-state index is 12.2. The van der Waals surface area contributed by atoms with Crippen molar-refractivity contribution in [3.8, 4) is 5.75 Å². The largest absolute Gasteiger partial charge is 0.490 e. The second-order valence-corrected chi connectivity index (χ2v) is 5.30. The standard InChI is InChI=1S/C14H16N2O6/c1-22-11-4-3-9(7-10(11)16(20)21)13(19)15-14(5-2-6-14)8-12(17)18/h3-4,7H,2,5-6,8H2,1H3,(H,15,19)(H,17,18). The average molecular weight is 308 g/mol. The van der Waals surface area contributed by atoms with Crippen LogP contribution in [-0.4, -0.2) is 34.6 Å². The Morgan fingerprint density at radius 2 is 2.14 bits per heavy atom. The average Bonchev–Trinajstić information content (AvgIpc) is 2.43. The van der Waals surface area contributed by atoms with E-state index in [2.05, 4.69) is 5.32 Å². The number of hydrogen-bond donors (Lipinski definition) is 2. The summed E-state index contributed by atoms with van der Waals surface area (Å²) in [5.74, 6) is -1.45. The first kappa shape index (κ1) is 15.7. The zero-order valence-electron chi connectivity index (χ0n) is 12.0. The van der Waals surface area contributed by atoms with Gasteiger partial charge in [-0.3, -0.25) is 19.7 Å². The number of carbonyl (C=O) groups excluding carboxylic acids is 1. The minimum atomic E-state index is -0.985. The van der Waals surface area contributed by atoms with Crippen molar-refractivity contribution in [1.82, 2.24) is 5.32 Å². The highest BCUT2D eigenvalue weighted by Crippen LogP contribution is 2.35. The van der Waals surface area contributed by atoms with E-state index in [9.17, 15) is 19.7 Å². The van der Waals surface area contributed by atoms with E-state index in [0.717, 1.165) is 12.5 Å². The molecule has 1 aromatic rings. The summed E-state index contributed by atoms with van der Waals surface area (Å²) in [7, 11) is 1.30. The second-order valence-electron chi connectivity index (χ2n) is 5.30. The number of benzene rings is 1. The molecule has 1 fully saturated rings. The van der Waals surface area contributed by atoms with Gasteiger partial charge in [0, 0.05) is 11.6 Å². The van der Waals surface area contributed by atoms with Gasteiger partial charge < -0.3 is 15.2 Å². The number of nitrogens with zero attached hydrogens (tertiary/aromatic N) is 1. The molecule has 1 aromatic carbocycles. The minimum absolute atomic E-state index is 0.0606. The normalized spacial score (nSPS) is 15.5. The van der Waals surface area contributed by atoms with E-state index in [1.807, 2.05) is 0 Å². The van der Waals surface area contributed by atoms with Crippen molar-refractivity contribution in [3.05, 3.63) is 33.9 Å². The fourth-order valence-corrected chi connectivity index (χ4v) is 2.53. The number of carboxylic acid groups (broad SMARTS) is 1. The number of methoxy groups -OCH3 is 1. The van der Waals surface area contributed by atoms with E-state index in [1.165, 1.54) is 19.2 Å². The first-order valence-electron chi connectivity index (χ1n) is 6.74. The summed E-state index contributed by atoms with van der Waals surface area (Å²) in [6.45, 7) is 0. The Labute approximate surface area is 126 Å². The Kier molecular flexibility index (Phi) is 4.30. The lowest BCUT2D eigenvalue weighted by molar-refractivity contribution is -0.385. The maximum Gasteiger partial charge on any atom is 0.311 e. The predicted molar refractivity (Wildman–Crippen MR) is 75.9 cm³/mol. The molecule has 2 N–H and O–H groups in total. The van der Waals surface area contributed by atoms with Crippen LogP contribution < -0.4 is 10.1 Å². The van der Waals surface area contributed by atoms with Crippen LogP contribution in [0.2, 0.25) is 0 Å². The number of rotatable bonds is 6. The molecule has 0 unspecified atom stereocenters. The zero-order valence-corrected chi connectivity index (χ0v) is 12.0. The van der Waals surface area contributed by atoms with Gasteiger partial charge in [0.15, 0.2) is 5.75 Å². The van der Waals surface area contributed by atoms with Gasteiger partial charge in [0.05, 0.1) is 24.0 Å². The molecule has 0 saturated heterocycles. The summed E-state index contributed by atoms with van der Waals surface area (Å²) in [4.78, 5) is 33.5. The minimum Gasteiger partial charge on any atom is -0.490 e. The molecule has 118 valence electrons. The van der Waals surface area contributed by atoms with Crippen LogP contribution in [0.4, 0.5) is 5.69 Å². The topological polar surface area (TPSA) is 119 Å². The van der Waals surface area contributed by atoms with Crippen LogP contribution >= 0.6 is 0 Å². The maximum atomic E-state index is 12.2. The molecule has 1 amide bonds. The third-order valence-corrected chi connectivity index (χ3v) is 3.82. The van der Waals surface area contributed by atoms with Gasteiger partial charge in [-0.15, -0.1) is 0 Å². The van der Waals surface area contributed by atoms with E-state index >= 15 is 0 Å². The zero-order chi connectivity index (χ0) is 16.3. The molecule has 0 radical (unpaired) electrons. The van der Waals surface area contributed by atoms with E-state index in [0.29, 0.717) is 12.8 Å². The van der Waals surface area contributed by atoms with Gasteiger partial charge in [-0.25, -0.2) is 0 Å². The Balaban J connectivity index is 2.21. The highest BCUT2D eigenvalue weighted by atomic mass is 16.6. The molecular weight excluding hydrogens is 292 g/mol. The lowest BCUT2D eigenvalue weighted by Gasteiger charge is -2.41. The third-order valence-electron chi connectivity index (χ3n) is 3.82. The molecular formula is C14H16N2O6. The van der Waals surface area contributed by atoms with Gasteiger partial charge in [-0.2, -0.15) is 0 Å². The molecule has 22 heavy (non-hydrogen) atoms. The monoisotopic (exact) mass is 308 g/mol. The summed E-state index contributed by atoms with van der Waals surface area (Å²) >= 11 is 0. The molecule has 1 saturated carbocycles. The smallest absolute Gasteiger partial charge is 0.311 e. The third kappa shape index (κ3) is 3.16. The van der Waals surface area contributed by atoms with Crippen LogP contribution in [0.1, 0.15) is 36.0 Å². The van der Waals surface area contributed by atoms with E-state index < -0.39 is 22.3 Å². The molecule has 2 rings (SSSR count). The van der Waals surface area contributed by atoms with Crippen LogP contribution in [-0.2, 0) is 4.79 Å². The van der Waals surface area contributed by atoms with Gasteiger partial charge in [-0.05, 0) is 31.4 Å². The van der Waals surface area contributed by atoms with Gasteiger partial charge >= 0.3 is 11.7 Å². The molecule has 0 bridgehead atoms. The fraction of sp³-hybridized carbons (Fsp3) is 0.429. The number of carbonyl (C=O) groups is 2. The molecule has 0 heterocycles. The Morgan fingerprint density at radius 3 is 2.59 bits per heavy atom. The summed E-state index contributed by atoms with van der Waals surface area (Å²) in [6.07, 6.45) is 1.86. The number of aliphatic carboxylic acids is 1. The molecule has 0 spiro atoms. The van der Waals surface area contributed by atoms with Crippen molar-refractivity contribution in [2.75, 3.05) is 7.11 Å². The Bertz CT molecular complexity index is 624. The quantitative estimate of drug-likeness (QED) is 0.610. The van der Waals surface area contributed by atoms with E-state index in [1.54, 1.807) is 0 Å². The molecule has 0 aliphatic heterocycles. The highest BCUT2D eigenvalue weighted by Gasteiger charge is 2.40. The Morgan fingerprint density at radius 1 is 1.45 bits per heavy atom. The number of nitro groups is 1. The summed E-state index contributed by atoms with van der Waals surface area (Å²) < 4.78 is 4.88. The van der Waals surface area contributed by atoms with Crippen LogP contribution in [0.25, 0.3) is 0 Å². The van der Waals surface area contributed by atoms with Crippen LogP contribution in [0.15, 0.2) is 18.2 Å². The predicted octanol–water partition coefficient (Wildman–Crippen LogP) is 1.73. The van der Waals surface area contributed by atoms with Crippen molar-refractivity contribution in [2.45, 2.75) is 31.2 Å². The van der Waals surface area contributed by atoms with Crippen molar-refractivity contribution >= 4 is 17.6 Å². The first-order valence-corrected chi connectivity index (χ1v) is 6.74. The second kappa shape index (κ2) is 6.00.